The van der Waals surface area contributed by atoms with E-state index in [2.05, 4.69) is 6.58 Å². The van der Waals surface area contributed by atoms with Crippen LogP contribution in [-0.4, -0.2) is 63.6 Å². The lowest BCUT2D eigenvalue weighted by atomic mass is 9.81. The average molecular weight is 421 g/mol. The van der Waals surface area contributed by atoms with Crippen LogP contribution in [0.15, 0.2) is 54.8 Å². The smallest absolute Gasteiger partial charge is 0.373 e. The van der Waals surface area contributed by atoms with Crippen LogP contribution in [0.4, 0.5) is 0 Å². The number of allylic oxidation sites excluding steroid dienone is 1. The van der Waals surface area contributed by atoms with Gasteiger partial charge in [-0.2, -0.15) is 0 Å². The molecular weight excluding hydrogens is 388 g/mol. The predicted octanol–water partition coefficient (Wildman–Crippen LogP) is 2.81. The van der Waals surface area contributed by atoms with E-state index in [9.17, 15) is 4.79 Å². The van der Waals surface area contributed by atoms with Crippen LogP contribution in [0.2, 0.25) is 0 Å². The summed E-state index contributed by atoms with van der Waals surface area (Å²) in [6, 6.07) is 9.94. The van der Waals surface area contributed by atoms with Gasteiger partial charge in [-0.05, 0) is 25.0 Å². The van der Waals surface area contributed by atoms with E-state index in [0.717, 1.165) is 5.56 Å². The highest BCUT2D eigenvalue weighted by molar-refractivity contribution is 5.86. The minimum atomic E-state index is -0.592. The second-order valence-corrected chi connectivity index (χ2v) is 6.70. The van der Waals surface area contributed by atoms with Gasteiger partial charge in [0.25, 0.3) is 0 Å². The van der Waals surface area contributed by atoms with Gasteiger partial charge < -0.3 is 28.8 Å². The molecule has 1 aromatic rings. The maximum Gasteiger partial charge on any atom is 0.373 e. The van der Waals surface area contributed by atoms with Gasteiger partial charge in [-0.1, -0.05) is 43.0 Å². The number of aliphatic hydroxyl groups is 1. The topological polar surface area (TPSA) is 83.5 Å². The molecule has 2 rings (SSSR count). The molecule has 0 bridgehead atoms. The fourth-order valence-corrected chi connectivity index (χ4v) is 3.29. The van der Waals surface area contributed by atoms with Gasteiger partial charge in [-0.25, -0.2) is 4.79 Å². The van der Waals surface area contributed by atoms with Crippen LogP contribution in [0.25, 0.3) is 0 Å². The van der Waals surface area contributed by atoms with E-state index in [0.29, 0.717) is 39.5 Å². The third kappa shape index (κ3) is 7.57. The Morgan fingerprint density at radius 1 is 1.17 bits per heavy atom. The van der Waals surface area contributed by atoms with Crippen LogP contribution < -0.4 is 0 Å². The number of aliphatic hydroxyl groups excluding tert-OH is 1. The van der Waals surface area contributed by atoms with E-state index < -0.39 is 12.3 Å². The molecule has 7 heteroatoms. The summed E-state index contributed by atoms with van der Waals surface area (Å²) in [5.41, 5.74) is 1.07. The largest absolute Gasteiger partial charge is 0.457 e. The Kier molecular flexibility index (Phi) is 11.2. The van der Waals surface area contributed by atoms with E-state index >= 15 is 0 Å². The van der Waals surface area contributed by atoms with Crippen molar-refractivity contribution in [2.24, 2.45) is 5.92 Å². The van der Waals surface area contributed by atoms with Crippen molar-refractivity contribution in [2.45, 2.75) is 25.6 Å². The molecule has 1 N–H and O–H groups in total. The zero-order valence-electron chi connectivity index (χ0n) is 17.5. The van der Waals surface area contributed by atoms with E-state index in [1.165, 1.54) is 6.08 Å². The van der Waals surface area contributed by atoms with Gasteiger partial charge in [0.2, 0.25) is 12.0 Å². The molecule has 166 valence electrons. The zero-order valence-corrected chi connectivity index (χ0v) is 17.5. The van der Waals surface area contributed by atoms with E-state index in [1.807, 2.05) is 43.3 Å². The third-order valence-corrected chi connectivity index (χ3v) is 4.64. The van der Waals surface area contributed by atoms with Gasteiger partial charge in [0.15, 0.2) is 0 Å². The quantitative estimate of drug-likeness (QED) is 0.281. The molecule has 0 fully saturated rings. The second-order valence-electron chi connectivity index (χ2n) is 6.70. The molecule has 0 amide bonds. The molecule has 7 nitrogen and oxygen atoms in total. The Morgan fingerprint density at radius 2 is 1.90 bits per heavy atom. The average Bonchev–Trinajstić information content (AvgIpc) is 2.78. The molecule has 1 heterocycles. The number of hydrogen-bond donors (Lipinski definition) is 1. The minimum Gasteiger partial charge on any atom is -0.457 e. The number of benzene rings is 1. The summed E-state index contributed by atoms with van der Waals surface area (Å²) in [5.74, 6) is -0.506. The third-order valence-electron chi connectivity index (χ3n) is 4.64. The van der Waals surface area contributed by atoms with Crippen molar-refractivity contribution in [3.8, 4) is 0 Å². The lowest BCUT2D eigenvalue weighted by Gasteiger charge is -2.36. The van der Waals surface area contributed by atoms with Crippen molar-refractivity contribution >= 4 is 5.97 Å². The first-order valence-corrected chi connectivity index (χ1v) is 10.3. The van der Waals surface area contributed by atoms with Crippen LogP contribution in [0, 0.1) is 5.92 Å². The molecule has 0 radical (unpaired) electrons. The Bertz CT molecular complexity index is 659. The van der Waals surface area contributed by atoms with Crippen LogP contribution in [0.3, 0.4) is 0 Å². The van der Waals surface area contributed by atoms with Crippen molar-refractivity contribution in [1.82, 2.24) is 0 Å². The molecule has 0 spiro atoms. The molecule has 0 saturated carbocycles. The maximum atomic E-state index is 12.4. The summed E-state index contributed by atoms with van der Waals surface area (Å²) in [7, 11) is 0. The van der Waals surface area contributed by atoms with E-state index in [-0.39, 0.29) is 30.8 Å². The lowest BCUT2D eigenvalue weighted by Crippen LogP contribution is -2.37. The summed E-state index contributed by atoms with van der Waals surface area (Å²) in [4.78, 5) is 12.4. The van der Waals surface area contributed by atoms with Gasteiger partial charge in [-0.3, -0.25) is 0 Å². The molecule has 0 saturated heterocycles. The first-order chi connectivity index (χ1) is 14.7. The molecular formula is C23H32O7. The Labute approximate surface area is 178 Å². The summed E-state index contributed by atoms with van der Waals surface area (Å²) in [5, 5.41) is 8.73. The molecule has 30 heavy (non-hydrogen) atoms. The molecule has 1 aromatic carbocycles. The summed E-state index contributed by atoms with van der Waals surface area (Å²) in [6.45, 7) is 7.69. The molecule has 3 atom stereocenters. The first kappa shape index (κ1) is 24.1. The number of carbonyl (C=O) groups is 1. The van der Waals surface area contributed by atoms with Crippen molar-refractivity contribution < 1.29 is 33.6 Å². The SMILES string of the molecule is C=CCOC(=O)C1=CC(c2ccccc2)C(CCOCCOCCO)C(OCC)O1. The number of hydrogen-bond acceptors (Lipinski definition) is 7. The second kappa shape index (κ2) is 13.9. The maximum absolute atomic E-state index is 12.4. The van der Waals surface area contributed by atoms with Crippen LogP contribution >= 0.6 is 0 Å². The van der Waals surface area contributed by atoms with Crippen molar-refractivity contribution in [1.29, 1.82) is 0 Å². The Morgan fingerprint density at radius 3 is 2.57 bits per heavy atom. The number of rotatable bonds is 14. The molecule has 0 aromatic heterocycles. The fraction of sp³-hybridized carbons (Fsp3) is 0.522. The fourth-order valence-electron chi connectivity index (χ4n) is 3.29. The molecule has 1 aliphatic heterocycles. The highest BCUT2D eigenvalue weighted by atomic mass is 16.7. The highest BCUT2D eigenvalue weighted by Gasteiger charge is 2.38. The first-order valence-electron chi connectivity index (χ1n) is 10.3. The monoisotopic (exact) mass is 420 g/mol. The van der Waals surface area contributed by atoms with Gasteiger partial charge in [0.05, 0.1) is 26.4 Å². The summed E-state index contributed by atoms with van der Waals surface area (Å²) in [6.07, 6.45) is 3.41. The zero-order chi connectivity index (χ0) is 21.6. The van der Waals surface area contributed by atoms with Crippen LogP contribution in [0.5, 0.6) is 0 Å². The summed E-state index contributed by atoms with van der Waals surface area (Å²) >= 11 is 0. The Balaban J connectivity index is 2.12. The van der Waals surface area contributed by atoms with Gasteiger partial charge in [0.1, 0.15) is 6.61 Å². The number of esters is 1. The van der Waals surface area contributed by atoms with Gasteiger partial charge in [0, 0.05) is 25.0 Å². The van der Waals surface area contributed by atoms with Crippen LogP contribution in [0.1, 0.15) is 24.8 Å². The number of ether oxygens (including phenoxy) is 5. The predicted molar refractivity (Wildman–Crippen MR) is 112 cm³/mol. The van der Waals surface area contributed by atoms with Crippen molar-refractivity contribution in [3.63, 3.8) is 0 Å². The van der Waals surface area contributed by atoms with Gasteiger partial charge >= 0.3 is 5.97 Å². The normalized spacial score (nSPS) is 20.9. The van der Waals surface area contributed by atoms with E-state index in [4.69, 9.17) is 28.8 Å². The molecule has 0 aliphatic carbocycles. The highest BCUT2D eigenvalue weighted by Crippen LogP contribution is 2.38. The van der Waals surface area contributed by atoms with Gasteiger partial charge in [-0.15, -0.1) is 0 Å². The summed E-state index contributed by atoms with van der Waals surface area (Å²) < 4.78 is 27.8. The molecule has 3 unspecified atom stereocenters. The standard InChI is InChI=1S/C23H32O7/c1-3-12-29-22(25)21-17-20(18-8-6-5-7-9-18)19(23(30-21)28-4-2)10-13-26-15-16-27-14-11-24/h3,5-9,17,19-20,23-24H,1,4,10-16H2,2H3. The lowest BCUT2D eigenvalue weighted by molar-refractivity contribution is -0.176. The minimum absolute atomic E-state index is 0.00188. The van der Waals surface area contributed by atoms with E-state index in [1.54, 1.807) is 0 Å². The van der Waals surface area contributed by atoms with Crippen molar-refractivity contribution in [2.75, 3.05) is 46.2 Å². The van der Waals surface area contributed by atoms with Crippen LogP contribution in [-0.2, 0) is 28.5 Å². The number of carbonyl (C=O) groups excluding carboxylic acids is 1. The van der Waals surface area contributed by atoms with Crippen molar-refractivity contribution in [3.05, 3.63) is 60.4 Å². The Hall–Kier alpha value is -2.19. The molecule has 1 aliphatic rings.